The summed E-state index contributed by atoms with van der Waals surface area (Å²) in [6.45, 7) is 1.74. The summed E-state index contributed by atoms with van der Waals surface area (Å²) in [5, 5.41) is 0.510. The molecule has 1 aromatic heterocycles. The molecule has 0 spiro atoms. The molecule has 2 N–H and O–H groups in total. The van der Waals surface area contributed by atoms with E-state index in [-0.39, 0.29) is 35.4 Å². The quantitative estimate of drug-likeness (QED) is 0.236. The third kappa shape index (κ3) is 4.36. The highest BCUT2D eigenvalue weighted by Crippen LogP contribution is 2.66. The first-order valence-corrected chi connectivity index (χ1v) is 13.2. The van der Waals surface area contributed by atoms with Crippen molar-refractivity contribution < 1.29 is 27.6 Å². The molecule has 0 saturated heterocycles. The number of fused-ring (bicyclic) bond motifs is 1. The number of rotatable bonds is 9. The first kappa shape index (κ1) is 25.2. The maximum absolute atomic E-state index is 14.9. The second-order valence-electron chi connectivity index (χ2n) is 11.0. The summed E-state index contributed by atoms with van der Waals surface area (Å²) in [6, 6.07) is 13.4. The van der Waals surface area contributed by atoms with Crippen LogP contribution in [0, 0.1) is 23.0 Å². The summed E-state index contributed by atoms with van der Waals surface area (Å²) in [5.41, 5.74) is 8.46. The van der Waals surface area contributed by atoms with Crippen molar-refractivity contribution in [3.63, 3.8) is 0 Å². The summed E-state index contributed by atoms with van der Waals surface area (Å²) in [6.07, 6.45) is 3.51. The maximum atomic E-state index is 14.9. The second kappa shape index (κ2) is 9.26. The standard InChI is InChI=1S/C32H27F2NO4/c1-2-26(36)30-24-12-22(19-5-8-25(34)23(9-19)27(37)16-32-13-17(14-32)15-32)20(11-29(35)38)10-28(24)39-31(30)18-3-6-21(33)7-4-18/h3-10,12,17H,2,11,13-16H2,1H3,(H2,35,38). The molecule has 3 aromatic carbocycles. The number of amides is 1. The molecule has 39 heavy (non-hydrogen) atoms. The number of hydrogen-bond donors (Lipinski definition) is 1. The zero-order chi connectivity index (χ0) is 27.5. The van der Waals surface area contributed by atoms with Crippen molar-refractivity contribution in [3.05, 3.63) is 82.9 Å². The Balaban J connectivity index is 1.50. The number of benzene rings is 3. The molecular weight excluding hydrogens is 500 g/mol. The van der Waals surface area contributed by atoms with Crippen LogP contribution in [-0.2, 0) is 11.2 Å². The lowest BCUT2D eigenvalue weighted by atomic mass is 9.43. The smallest absolute Gasteiger partial charge is 0.221 e. The van der Waals surface area contributed by atoms with Gasteiger partial charge in [0.05, 0.1) is 17.5 Å². The molecule has 1 amide bonds. The Bertz CT molecular complexity index is 1650. The monoisotopic (exact) mass is 527 g/mol. The zero-order valence-corrected chi connectivity index (χ0v) is 21.5. The van der Waals surface area contributed by atoms with E-state index in [1.807, 2.05) is 0 Å². The number of primary amides is 1. The van der Waals surface area contributed by atoms with Crippen molar-refractivity contribution in [2.24, 2.45) is 17.1 Å². The number of hydrogen-bond acceptors (Lipinski definition) is 4. The predicted molar refractivity (Wildman–Crippen MR) is 143 cm³/mol. The van der Waals surface area contributed by atoms with Gasteiger partial charge in [0.1, 0.15) is 23.0 Å². The van der Waals surface area contributed by atoms with Crippen LogP contribution in [0.5, 0.6) is 0 Å². The number of ketones is 2. The lowest BCUT2D eigenvalue weighted by Gasteiger charge is -2.62. The van der Waals surface area contributed by atoms with E-state index >= 15 is 0 Å². The Kier molecular flexibility index (Phi) is 5.97. The predicted octanol–water partition coefficient (Wildman–Crippen LogP) is 7.04. The Morgan fingerprint density at radius 2 is 1.64 bits per heavy atom. The van der Waals surface area contributed by atoms with Gasteiger partial charge in [0.15, 0.2) is 11.6 Å². The van der Waals surface area contributed by atoms with Crippen LogP contribution in [-0.4, -0.2) is 17.5 Å². The van der Waals surface area contributed by atoms with Gasteiger partial charge < -0.3 is 10.2 Å². The average molecular weight is 528 g/mol. The van der Waals surface area contributed by atoms with Crippen molar-refractivity contribution in [3.8, 4) is 22.5 Å². The molecule has 1 heterocycles. The first-order chi connectivity index (χ1) is 18.7. The third-order valence-electron chi connectivity index (χ3n) is 8.26. The second-order valence-corrected chi connectivity index (χ2v) is 11.0. The fourth-order valence-electron chi connectivity index (χ4n) is 6.26. The molecule has 0 unspecified atom stereocenters. The number of carbonyl (C=O) groups is 3. The van der Waals surface area contributed by atoms with Crippen molar-refractivity contribution in [1.29, 1.82) is 0 Å². The zero-order valence-electron chi connectivity index (χ0n) is 21.5. The van der Waals surface area contributed by atoms with Gasteiger partial charge in [-0.25, -0.2) is 8.78 Å². The van der Waals surface area contributed by atoms with Crippen LogP contribution in [0.1, 0.15) is 65.3 Å². The Labute approximate surface area is 224 Å². The molecule has 0 atom stereocenters. The molecule has 4 aromatic rings. The van der Waals surface area contributed by atoms with Gasteiger partial charge in [0.2, 0.25) is 5.91 Å². The maximum Gasteiger partial charge on any atom is 0.221 e. The van der Waals surface area contributed by atoms with Crippen molar-refractivity contribution >= 4 is 28.4 Å². The minimum atomic E-state index is -0.586. The van der Waals surface area contributed by atoms with Gasteiger partial charge in [-0.15, -0.1) is 0 Å². The first-order valence-electron chi connectivity index (χ1n) is 13.2. The number of Topliss-reactive ketones (excluding diaryl/α,β-unsaturated/α-hetero) is 2. The Morgan fingerprint density at radius 3 is 2.26 bits per heavy atom. The molecule has 0 aliphatic heterocycles. The summed E-state index contributed by atoms with van der Waals surface area (Å²) >= 11 is 0. The van der Waals surface area contributed by atoms with Gasteiger partial charge in [0, 0.05) is 23.8 Å². The van der Waals surface area contributed by atoms with Crippen LogP contribution in [0.25, 0.3) is 33.4 Å². The van der Waals surface area contributed by atoms with Crippen LogP contribution in [0.4, 0.5) is 8.78 Å². The Hall–Kier alpha value is -4.13. The highest BCUT2D eigenvalue weighted by atomic mass is 19.1. The average Bonchev–Trinajstić information content (AvgIpc) is 3.23. The molecule has 3 aliphatic rings. The molecule has 3 aliphatic carbocycles. The van der Waals surface area contributed by atoms with Gasteiger partial charge in [0.25, 0.3) is 0 Å². The number of carbonyl (C=O) groups excluding carboxylic acids is 3. The van der Waals surface area contributed by atoms with E-state index in [1.165, 1.54) is 36.4 Å². The van der Waals surface area contributed by atoms with Gasteiger partial charge in [-0.2, -0.15) is 0 Å². The normalized spacial score (nSPS) is 19.4. The van der Waals surface area contributed by atoms with Crippen LogP contribution >= 0.6 is 0 Å². The van der Waals surface area contributed by atoms with Crippen molar-refractivity contribution in [2.75, 3.05) is 0 Å². The van der Waals surface area contributed by atoms with E-state index in [4.69, 9.17) is 10.2 Å². The van der Waals surface area contributed by atoms with E-state index in [0.29, 0.717) is 56.9 Å². The fraction of sp³-hybridized carbons (Fsp3) is 0.281. The minimum Gasteiger partial charge on any atom is -0.455 e. The van der Waals surface area contributed by atoms with Crippen LogP contribution in [0.2, 0.25) is 0 Å². The summed E-state index contributed by atoms with van der Waals surface area (Å²) in [4.78, 5) is 38.2. The van der Waals surface area contributed by atoms with Crippen LogP contribution in [0.15, 0.2) is 59.0 Å². The topological polar surface area (TPSA) is 90.4 Å². The fourth-order valence-corrected chi connectivity index (χ4v) is 6.26. The van der Waals surface area contributed by atoms with Gasteiger partial charge in [-0.05, 0) is 95.8 Å². The Morgan fingerprint density at radius 1 is 0.949 bits per heavy atom. The minimum absolute atomic E-state index is 0.0198. The van der Waals surface area contributed by atoms with E-state index in [0.717, 1.165) is 19.3 Å². The molecular formula is C32H27F2NO4. The molecule has 3 fully saturated rings. The van der Waals surface area contributed by atoms with Crippen LogP contribution in [0.3, 0.4) is 0 Å². The van der Waals surface area contributed by atoms with Gasteiger partial charge in [-0.1, -0.05) is 13.0 Å². The third-order valence-corrected chi connectivity index (χ3v) is 8.26. The van der Waals surface area contributed by atoms with E-state index in [2.05, 4.69) is 0 Å². The molecule has 2 bridgehead atoms. The lowest BCUT2D eigenvalue weighted by molar-refractivity contribution is -0.117. The number of nitrogens with two attached hydrogens (primary N) is 1. The summed E-state index contributed by atoms with van der Waals surface area (Å²) in [7, 11) is 0. The molecule has 5 nitrogen and oxygen atoms in total. The molecule has 7 heteroatoms. The van der Waals surface area contributed by atoms with Crippen molar-refractivity contribution in [2.45, 2.75) is 45.4 Å². The van der Waals surface area contributed by atoms with Gasteiger partial charge in [-0.3, -0.25) is 14.4 Å². The van der Waals surface area contributed by atoms with Crippen molar-refractivity contribution in [1.82, 2.24) is 0 Å². The molecule has 3 saturated carbocycles. The van der Waals surface area contributed by atoms with Crippen LogP contribution < -0.4 is 5.73 Å². The molecule has 7 rings (SSSR count). The largest absolute Gasteiger partial charge is 0.455 e. The summed E-state index contributed by atoms with van der Waals surface area (Å²) < 4.78 is 34.6. The summed E-state index contributed by atoms with van der Waals surface area (Å²) in [5.74, 6) is -0.965. The number of halogens is 2. The highest BCUT2D eigenvalue weighted by molar-refractivity contribution is 6.13. The number of furan rings is 1. The van der Waals surface area contributed by atoms with E-state index in [9.17, 15) is 23.2 Å². The van der Waals surface area contributed by atoms with E-state index < -0.39 is 17.5 Å². The SMILES string of the molecule is CCC(=O)c1c(-c2ccc(F)cc2)oc2cc(CC(N)=O)c(-c3ccc(F)c(C(=O)CC45CC(C4)C5)c3)cc12. The van der Waals surface area contributed by atoms with Gasteiger partial charge >= 0.3 is 0 Å². The molecule has 198 valence electrons. The highest BCUT2D eigenvalue weighted by Gasteiger charge is 2.57. The molecule has 0 radical (unpaired) electrons. The van der Waals surface area contributed by atoms with E-state index in [1.54, 1.807) is 25.1 Å². The lowest BCUT2D eigenvalue weighted by Crippen LogP contribution is -2.52.